The molecule has 0 saturated heterocycles. The molecule has 0 aromatic rings. The van der Waals surface area contributed by atoms with Crippen LogP contribution in [0, 0.1) is 17.8 Å². The van der Waals surface area contributed by atoms with E-state index < -0.39 is 11.9 Å². The summed E-state index contributed by atoms with van der Waals surface area (Å²) in [5, 5.41) is 18.2. The minimum absolute atomic E-state index is 0. The first-order chi connectivity index (χ1) is 12.0. The summed E-state index contributed by atoms with van der Waals surface area (Å²) < 4.78 is 0. The predicted octanol–water partition coefficient (Wildman–Crippen LogP) is 5.28. The van der Waals surface area contributed by atoms with E-state index >= 15 is 0 Å². The van der Waals surface area contributed by atoms with Gasteiger partial charge in [0.1, 0.15) is 0 Å². The number of hydrogen-bond acceptors (Lipinski definition) is 2. The van der Waals surface area contributed by atoms with E-state index in [0.717, 1.165) is 57.8 Å². The van der Waals surface area contributed by atoms with Crippen LogP contribution in [0.15, 0.2) is 12.2 Å². The number of carbonyl (C=O) groups is 2. The van der Waals surface area contributed by atoms with Crippen molar-refractivity contribution in [3.8, 4) is 0 Å². The molecule has 3 atom stereocenters. The molecule has 0 fully saturated rings. The third kappa shape index (κ3) is 11.9. The fourth-order valence-electron chi connectivity index (χ4n) is 3.83. The van der Waals surface area contributed by atoms with Gasteiger partial charge >= 0.3 is 11.9 Å². The van der Waals surface area contributed by atoms with Gasteiger partial charge in [0, 0.05) is 57.8 Å². The number of allylic oxidation sites excluding steroid dienone is 2. The van der Waals surface area contributed by atoms with Gasteiger partial charge in [-0.05, 0) is 37.5 Å². The van der Waals surface area contributed by atoms with Crippen LogP contribution < -0.4 is 0 Å². The molecule has 4 nitrogen and oxygen atoms in total. The second-order valence-corrected chi connectivity index (χ2v) is 7.54. The first-order valence-corrected chi connectivity index (χ1v) is 10.2. The summed E-state index contributed by atoms with van der Waals surface area (Å²) in [6, 6.07) is 0. The molecule has 2 N–H and O–H groups in total. The van der Waals surface area contributed by atoms with Gasteiger partial charge in [-0.1, -0.05) is 70.4 Å². The molecular formula is C21H36KO4. The Bertz CT molecular complexity index is 422. The largest absolute Gasteiger partial charge is 0.481 e. The van der Waals surface area contributed by atoms with Crippen LogP contribution in [0.2, 0.25) is 0 Å². The molecule has 0 heterocycles. The topological polar surface area (TPSA) is 74.6 Å². The van der Waals surface area contributed by atoms with E-state index in [-0.39, 0.29) is 69.6 Å². The number of rotatable bonds is 14. The first kappa shape index (κ1) is 26.3. The maximum absolute atomic E-state index is 11.6. The summed E-state index contributed by atoms with van der Waals surface area (Å²) in [5.41, 5.74) is 0. The van der Waals surface area contributed by atoms with Gasteiger partial charge in [0.05, 0.1) is 5.92 Å². The molecule has 0 saturated carbocycles. The van der Waals surface area contributed by atoms with Gasteiger partial charge < -0.3 is 10.2 Å². The van der Waals surface area contributed by atoms with E-state index in [1.165, 1.54) is 19.3 Å². The molecule has 1 rings (SSSR count). The fraction of sp³-hybridized carbons (Fsp3) is 0.810. The summed E-state index contributed by atoms with van der Waals surface area (Å²) in [7, 11) is 0. The SMILES string of the molecule is CCCCCCC1C=CC(CCCCCCCC(=O)O)CC1C(=O)O.[K]. The zero-order valence-corrected chi connectivity index (χ0v) is 19.9. The molecule has 26 heavy (non-hydrogen) atoms. The third-order valence-electron chi connectivity index (χ3n) is 5.38. The molecule has 1 aliphatic carbocycles. The predicted molar refractivity (Wildman–Crippen MR) is 106 cm³/mol. The number of carboxylic acids is 2. The van der Waals surface area contributed by atoms with Gasteiger partial charge in [0.25, 0.3) is 0 Å². The minimum atomic E-state index is -0.712. The van der Waals surface area contributed by atoms with Gasteiger partial charge in [-0.15, -0.1) is 0 Å². The smallest absolute Gasteiger partial charge is 0.307 e. The summed E-state index contributed by atoms with van der Waals surface area (Å²) in [4.78, 5) is 22.1. The van der Waals surface area contributed by atoms with Crippen LogP contribution in [-0.4, -0.2) is 73.5 Å². The van der Waals surface area contributed by atoms with E-state index in [1.807, 2.05) is 0 Å². The van der Waals surface area contributed by atoms with Gasteiger partial charge in [0.2, 0.25) is 0 Å². The quantitative estimate of drug-likeness (QED) is 0.240. The number of aliphatic carboxylic acids is 2. The average Bonchev–Trinajstić information content (AvgIpc) is 2.58. The Morgan fingerprint density at radius 1 is 0.885 bits per heavy atom. The van der Waals surface area contributed by atoms with Crippen LogP contribution in [0.1, 0.15) is 90.4 Å². The molecule has 5 heteroatoms. The van der Waals surface area contributed by atoms with Crippen LogP contribution in [0.25, 0.3) is 0 Å². The van der Waals surface area contributed by atoms with Crippen molar-refractivity contribution in [1.29, 1.82) is 0 Å². The van der Waals surface area contributed by atoms with E-state index in [0.29, 0.717) is 5.92 Å². The summed E-state index contributed by atoms with van der Waals surface area (Å²) >= 11 is 0. The zero-order valence-electron chi connectivity index (χ0n) is 16.8. The van der Waals surface area contributed by atoms with Gasteiger partial charge in [-0.25, -0.2) is 0 Å². The Labute approximate surface area is 201 Å². The summed E-state index contributed by atoms with van der Waals surface area (Å²) in [6.45, 7) is 2.19. The molecule has 0 aliphatic heterocycles. The first-order valence-electron chi connectivity index (χ1n) is 10.2. The van der Waals surface area contributed by atoms with Crippen molar-refractivity contribution in [2.75, 3.05) is 0 Å². The van der Waals surface area contributed by atoms with Crippen LogP contribution >= 0.6 is 0 Å². The third-order valence-corrected chi connectivity index (χ3v) is 5.38. The molecule has 145 valence electrons. The molecule has 0 aromatic heterocycles. The molecule has 0 amide bonds. The normalized spacial score (nSPS) is 22.0. The zero-order chi connectivity index (χ0) is 18.5. The van der Waals surface area contributed by atoms with Crippen LogP contribution in [0.3, 0.4) is 0 Å². The van der Waals surface area contributed by atoms with Crippen LogP contribution in [-0.2, 0) is 9.59 Å². The number of carboxylic acid groups (broad SMARTS) is 2. The Kier molecular flexibility index (Phi) is 16.5. The molecule has 0 aromatic carbocycles. The Hall–Kier alpha value is 0.316. The fourth-order valence-corrected chi connectivity index (χ4v) is 3.83. The Morgan fingerprint density at radius 3 is 2.15 bits per heavy atom. The number of unbranched alkanes of at least 4 members (excludes halogenated alkanes) is 7. The van der Waals surface area contributed by atoms with Crippen molar-refractivity contribution in [2.45, 2.75) is 90.4 Å². The van der Waals surface area contributed by atoms with Gasteiger partial charge in [0.15, 0.2) is 0 Å². The maximum Gasteiger partial charge on any atom is 0.307 e. The van der Waals surface area contributed by atoms with E-state index in [1.54, 1.807) is 0 Å². The van der Waals surface area contributed by atoms with Crippen LogP contribution in [0.5, 0.6) is 0 Å². The minimum Gasteiger partial charge on any atom is -0.481 e. The van der Waals surface area contributed by atoms with Crippen molar-refractivity contribution >= 4 is 63.3 Å². The van der Waals surface area contributed by atoms with Crippen molar-refractivity contribution in [2.24, 2.45) is 17.8 Å². The Morgan fingerprint density at radius 2 is 1.50 bits per heavy atom. The Balaban J connectivity index is 0.00000625. The summed E-state index contributed by atoms with van der Waals surface area (Å²) in [6.07, 6.45) is 17.4. The number of hydrogen-bond donors (Lipinski definition) is 2. The summed E-state index contributed by atoms with van der Waals surface area (Å²) in [5.74, 6) is -0.958. The molecule has 0 bridgehead atoms. The molecule has 3 unspecified atom stereocenters. The standard InChI is InChI=1S/C21H36O4.K/c1-2-3-4-9-12-18-15-14-17(16-19(18)21(24)25)11-8-6-5-7-10-13-20(22)23;/h14-15,17-19H,2-13,16H2,1H3,(H,22,23)(H,24,25);. The molecule has 0 spiro atoms. The molecule has 1 radical (unpaired) electrons. The van der Waals surface area contributed by atoms with Crippen molar-refractivity contribution in [3.05, 3.63) is 12.2 Å². The second kappa shape index (κ2) is 16.3. The van der Waals surface area contributed by atoms with Crippen molar-refractivity contribution in [1.82, 2.24) is 0 Å². The molecule has 1 aliphatic rings. The maximum atomic E-state index is 11.6. The molecular weight excluding hydrogens is 355 g/mol. The van der Waals surface area contributed by atoms with Crippen LogP contribution in [0.4, 0.5) is 0 Å². The average molecular weight is 392 g/mol. The monoisotopic (exact) mass is 391 g/mol. The van der Waals surface area contributed by atoms with Gasteiger partial charge in [-0.3, -0.25) is 9.59 Å². The second-order valence-electron chi connectivity index (χ2n) is 7.54. The van der Waals surface area contributed by atoms with E-state index in [4.69, 9.17) is 5.11 Å². The van der Waals surface area contributed by atoms with Gasteiger partial charge in [-0.2, -0.15) is 0 Å². The van der Waals surface area contributed by atoms with Crippen molar-refractivity contribution < 1.29 is 19.8 Å². The van der Waals surface area contributed by atoms with Crippen molar-refractivity contribution in [3.63, 3.8) is 0 Å². The van der Waals surface area contributed by atoms with E-state index in [9.17, 15) is 14.7 Å². The van der Waals surface area contributed by atoms with E-state index in [2.05, 4.69) is 19.1 Å².